The first kappa shape index (κ1) is 10.4. The van der Waals surface area contributed by atoms with Gasteiger partial charge in [0, 0.05) is 0 Å². The van der Waals surface area contributed by atoms with Crippen LogP contribution in [0.2, 0.25) is 0 Å². The summed E-state index contributed by atoms with van der Waals surface area (Å²) in [6.45, 7) is 1.51. The van der Waals surface area contributed by atoms with Crippen molar-refractivity contribution < 1.29 is 19.7 Å². The summed E-state index contributed by atoms with van der Waals surface area (Å²) in [7, 11) is 0. The molecule has 4 heteroatoms. The number of ether oxygens (including phenoxy) is 1. The third-order valence-electron chi connectivity index (χ3n) is 1.26. The first-order valence-corrected chi connectivity index (χ1v) is 3.65. The van der Waals surface area contributed by atoms with E-state index in [0.717, 1.165) is 6.42 Å². The van der Waals surface area contributed by atoms with Gasteiger partial charge in [-0.25, -0.2) is 4.79 Å². The molecule has 1 atom stereocenters. The van der Waals surface area contributed by atoms with E-state index in [9.17, 15) is 4.79 Å². The second kappa shape index (κ2) is 6.12. The zero-order valence-electron chi connectivity index (χ0n) is 6.62. The molecule has 0 rings (SSSR count). The summed E-state index contributed by atoms with van der Waals surface area (Å²) < 4.78 is 4.84. The fourth-order valence-electron chi connectivity index (χ4n) is 0.738. The van der Waals surface area contributed by atoms with Crippen molar-refractivity contribution >= 4 is 5.97 Å². The Bertz CT molecular complexity index is 113. The molecule has 4 nitrogen and oxygen atoms in total. The van der Waals surface area contributed by atoms with Crippen LogP contribution in [0, 0.1) is 0 Å². The lowest BCUT2D eigenvalue weighted by Crippen LogP contribution is -2.21. The SMILES string of the molecule is CCCC(CO)OCC(=O)O. The normalized spacial score (nSPS) is 12.9. The molecule has 0 spiro atoms. The summed E-state index contributed by atoms with van der Waals surface area (Å²) in [5.41, 5.74) is 0. The van der Waals surface area contributed by atoms with Crippen LogP contribution in [0.5, 0.6) is 0 Å². The molecule has 0 heterocycles. The van der Waals surface area contributed by atoms with Crippen LogP contribution in [0.15, 0.2) is 0 Å². The van der Waals surface area contributed by atoms with Gasteiger partial charge < -0.3 is 14.9 Å². The summed E-state index contributed by atoms with van der Waals surface area (Å²) in [5.74, 6) is -1.00. The third-order valence-corrected chi connectivity index (χ3v) is 1.26. The van der Waals surface area contributed by atoms with E-state index in [-0.39, 0.29) is 19.3 Å². The maximum atomic E-state index is 10.0. The first-order valence-electron chi connectivity index (χ1n) is 3.65. The molecule has 11 heavy (non-hydrogen) atoms. The highest BCUT2D eigenvalue weighted by atomic mass is 16.5. The Balaban J connectivity index is 3.43. The summed E-state index contributed by atoms with van der Waals surface area (Å²) in [4.78, 5) is 10.0. The Morgan fingerprint density at radius 3 is 2.64 bits per heavy atom. The minimum Gasteiger partial charge on any atom is -0.480 e. The van der Waals surface area contributed by atoms with E-state index < -0.39 is 5.97 Å². The topological polar surface area (TPSA) is 66.8 Å². The molecule has 0 bridgehead atoms. The molecule has 66 valence electrons. The van der Waals surface area contributed by atoms with Gasteiger partial charge >= 0.3 is 5.97 Å². The van der Waals surface area contributed by atoms with Crippen LogP contribution in [-0.2, 0) is 9.53 Å². The van der Waals surface area contributed by atoms with Crippen LogP contribution >= 0.6 is 0 Å². The standard InChI is InChI=1S/C7H14O4/c1-2-3-6(4-8)11-5-7(9)10/h6,8H,2-5H2,1H3,(H,9,10). The lowest BCUT2D eigenvalue weighted by Gasteiger charge is -2.11. The predicted molar refractivity (Wildman–Crippen MR) is 39.4 cm³/mol. The fourth-order valence-corrected chi connectivity index (χ4v) is 0.738. The maximum Gasteiger partial charge on any atom is 0.329 e. The van der Waals surface area contributed by atoms with Crippen molar-refractivity contribution in [2.45, 2.75) is 25.9 Å². The van der Waals surface area contributed by atoms with Gasteiger partial charge in [0.25, 0.3) is 0 Å². The Kier molecular flexibility index (Phi) is 5.78. The number of hydrogen-bond donors (Lipinski definition) is 2. The van der Waals surface area contributed by atoms with Crippen LogP contribution in [0.25, 0.3) is 0 Å². The van der Waals surface area contributed by atoms with Crippen LogP contribution < -0.4 is 0 Å². The lowest BCUT2D eigenvalue weighted by molar-refractivity contribution is -0.145. The van der Waals surface area contributed by atoms with E-state index in [1.807, 2.05) is 6.92 Å². The van der Waals surface area contributed by atoms with Crippen LogP contribution in [0.4, 0.5) is 0 Å². The Morgan fingerprint density at radius 2 is 2.27 bits per heavy atom. The number of rotatable bonds is 6. The third kappa shape index (κ3) is 5.82. The van der Waals surface area contributed by atoms with E-state index in [2.05, 4.69) is 0 Å². The molecular formula is C7H14O4. The minimum absolute atomic E-state index is 0.110. The maximum absolute atomic E-state index is 10.0. The molecule has 0 aromatic carbocycles. The average Bonchev–Trinajstić information content (AvgIpc) is 1.97. The molecular weight excluding hydrogens is 148 g/mol. The highest BCUT2D eigenvalue weighted by Crippen LogP contribution is 2.00. The predicted octanol–water partition coefficient (Wildman–Crippen LogP) is 0.249. The van der Waals surface area contributed by atoms with Gasteiger partial charge in [-0.1, -0.05) is 13.3 Å². The van der Waals surface area contributed by atoms with Crippen LogP contribution in [-0.4, -0.2) is 35.5 Å². The molecule has 0 radical (unpaired) electrons. The van der Waals surface area contributed by atoms with Crippen LogP contribution in [0.1, 0.15) is 19.8 Å². The van der Waals surface area contributed by atoms with Crippen molar-refractivity contribution in [1.29, 1.82) is 0 Å². The monoisotopic (exact) mass is 162 g/mol. The summed E-state index contributed by atoms with van der Waals surface area (Å²) in [6, 6.07) is 0. The van der Waals surface area contributed by atoms with Crippen molar-refractivity contribution in [2.75, 3.05) is 13.2 Å². The quantitative estimate of drug-likeness (QED) is 0.587. The van der Waals surface area contributed by atoms with E-state index in [1.54, 1.807) is 0 Å². The van der Waals surface area contributed by atoms with E-state index in [4.69, 9.17) is 14.9 Å². The van der Waals surface area contributed by atoms with Crippen molar-refractivity contribution in [1.82, 2.24) is 0 Å². The lowest BCUT2D eigenvalue weighted by atomic mass is 10.2. The van der Waals surface area contributed by atoms with Gasteiger partial charge in [0.15, 0.2) is 0 Å². The molecule has 0 saturated heterocycles. The second-order valence-electron chi connectivity index (χ2n) is 2.30. The molecule has 0 aliphatic rings. The van der Waals surface area contributed by atoms with Gasteiger partial charge in [0.05, 0.1) is 12.7 Å². The highest BCUT2D eigenvalue weighted by Gasteiger charge is 2.07. The fraction of sp³-hybridized carbons (Fsp3) is 0.857. The number of aliphatic carboxylic acids is 1. The summed E-state index contributed by atoms with van der Waals surface area (Å²) in [6.07, 6.45) is 1.25. The number of carbonyl (C=O) groups is 1. The van der Waals surface area contributed by atoms with E-state index in [0.29, 0.717) is 6.42 Å². The molecule has 0 aliphatic carbocycles. The van der Waals surface area contributed by atoms with Gasteiger partial charge in [-0.2, -0.15) is 0 Å². The van der Waals surface area contributed by atoms with Crippen molar-refractivity contribution in [3.8, 4) is 0 Å². The average molecular weight is 162 g/mol. The van der Waals surface area contributed by atoms with Gasteiger partial charge in [-0.3, -0.25) is 0 Å². The van der Waals surface area contributed by atoms with Crippen molar-refractivity contribution in [2.24, 2.45) is 0 Å². The van der Waals surface area contributed by atoms with Crippen LogP contribution in [0.3, 0.4) is 0 Å². The number of hydrogen-bond acceptors (Lipinski definition) is 3. The van der Waals surface area contributed by atoms with Gasteiger partial charge in [0.1, 0.15) is 6.61 Å². The Labute approximate surface area is 65.8 Å². The number of carboxylic acids is 1. The molecule has 2 N–H and O–H groups in total. The first-order chi connectivity index (χ1) is 5.20. The van der Waals surface area contributed by atoms with Crippen molar-refractivity contribution in [3.63, 3.8) is 0 Å². The smallest absolute Gasteiger partial charge is 0.329 e. The Hall–Kier alpha value is -0.610. The van der Waals surface area contributed by atoms with Gasteiger partial charge in [0.2, 0.25) is 0 Å². The number of aliphatic hydroxyl groups is 1. The molecule has 1 unspecified atom stereocenters. The molecule has 0 aliphatic heterocycles. The zero-order valence-corrected chi connectivity index (χ0v) is 6.62. The van der Waals surface area contributed by atoms with E-state index in [1.165, 1.54) is 0 Å². The molecule has 0 aromatic heterocycles. The molecule has 0 aromatic rings. The largest absolute Gasteiger partial charge is 0.480 e. The van der Waals surface area contributed by atoms with E-state index >= 15 is 0 Å². The van der Waals surface area contributed by atoms with Gasteiger partial charge in [-0.05, 0) is 6.42 Å². The van der Waals surface area contributed by atoms with Gasteiger partial charge in [-0.15, -0.1) is 0 Å². The molecule has 0 saturated carbocycles. The highest BCUT2D eigenvalue weighted by molar-refractivity contribution is 5.68. The second-order valence-corrected chi connectivity index (χ2v) is 2.30. The number of carboxylic acid groups (broad SMARTS) is 1. The minimum atomic E-state index is -1.00. The molecule has 0 amide bonds. The summed E-state index contributed by atoms with van der Waals surface area (Å²) >= 11 is 0. The van der Waals surface area contributed by atoms with Crippen molar-refractivity contribution in [3.05, 3.63) is 0 Å². The summed E-state index contributed by atoms with van der Waals surface area (Å²) in [5, 5.41) is 16.9. The number of aliphatic hydroxyl groups excluding tert-OH is 1. The zero-order chi connectivity index (χ0) is 8.69. The molecule has 0 fully saturated rings. The Morgan fingerprint density at radius 1 is 1.64 bits per heavy atom.